The summed E-state index contributed by atoms with van der Waals surface area (Å²) in [5, 5.41) is 0. The molecule has 0 radical (unpaired) electrons. The van der Waals surface area contributed by atoms with Crippen LogP contribution in [0.1, 0.15) is 5.56 Å². The average molecular weight is 259 g/mol. The van der Waals surface area contributed by atoms with Crippen LogP contribution in [-0.2, 0) is 16.8 Å². The summed E-state index contributed by atoms with van der Waals surface area (Å²) >= 11 is 0. The Bertz CT molecular complexity index is 463. The van der Waals surface area contributed by atoms with Crippen LogP contribution in [0.4, 0.5) is 5.69 Å². The van der Waals surface area contributed by atoms with Crippen LogP contribution in [0, 0.1) is 0 Å². The number of ether oxygens (including phenoxy) is 1. The summed E-state index contributed by atoms with van der Waals surface area (Å²) in [6, 6.07) is 5.18. The highest BCUT2D eigenvalue weighted by molar-refractivity contribution is 7.90. The topological polar surface area (TPSA) is 84.7 Å². The van der Waals surface area contributed by atoms with Gasteiger partial charge in [0.15, 0.2) is 0 Å². The highest BCUT2D eigenvalue weighted by atomic mass is 32.2. The molecule has 6 nitrogen and oxygen atoms in total. The third kappa shape index (κ3) is 3.09. The maximum atomic E-state index is 11.8. The molecule has 7 heteroatoms. The fraction of sp³-hybridized carbons (Fsp3) is 0.400. The van der Waals surface area contributed by atoms with E-state index >= 15 is 0 Å². The Labute approximate surface area is 102 Å². The first-order chi connectivity index (χ1) is 7.92. The molecule has 3 N–H and O–H groups in total. The average Bonchev–Trinajstić information content (AvgIpc) is 2.28. The third-order valence-corrected chi connectivity index (χ3v) is 3.69. The molecule has 0 heterocycles. The minimum atomic E-state index is -3.57. The molecule has 0 aliphatic carbocycles. The normalized spacial score (nSPS) is 11.6. The zero-order chi connectivity index (χ0) is 13.1. The molecule has 0 fully saturated rings. The predicted molar refractivity (Wildman–Crippen MR) is 67.1 cm³/mol. The number of hydrogen-bond acceptors (Lipinski definition) is 4. The Hall–Kier alpha value is -1.31. The number of benzene rings is 1. The summed E-state index contributed by atoms with van der Waals surface area (Å²) < 4.78 is 32.2. The fourth-order valence-corrected chi connectivity index (χ4v) is 1.93. The van der Waals surface area contributed by atoms with E-state index in [0.717, 1.165) is 4.31 Å². The first-order valence-electron chi connectivity index (χ1n) is 4.98. The van der Waals surface area contributed by atoms with Crippen molar-refractivity contribution >= 4 is 15.9 Å². The van der Waals surface area contributed by atoms with E-state index in [9.17, 15) is 8.42 Å². The fourth-order valence-electron chi connectivity index (χ4n) is 1.25. The maximum Gasteiger partial charge on any atom is 0.301 e. The standard InChI is InChI=1S/C10H17N3O3S/c1-13(2)17(14,15)12-10-8(7-11)5-4-6-9(10)16-3/h4-6,12H,7,11H2,1-3H3. The number of rotatable bonds is 5. The smallest absolute Gasteiger partial charge is 0.301 e. The number of anilines is 1. The molecule has 1 aromatic rings. The van der Waals surface area contributed by atoms with E-state index in [1.807, 2.05) is 0 Å². The van der Waals surface area contributed by atoms with E-state index in [0.29, 0.717) is 17.0 Å². The summed E-state index contributed by atoms with van der Waals surface area (Å²) in [7, 11) is 0.795. The van der Waals surface area contributed by atoms with E-state index < -0.39 is 10.2 Å². The molecule has 1 rings (SSSR count). The van der Waals surface area contributed by atoms with E-state index in [2.05, 4.69) is 4.72 Å². The minimum absolute atomic E-state index is 0.225. The molecule has 1 aromatic carbocycles. The summed E-state index contributed by atoms with van der Waals surface area (Å²) in [4.78, 5) is 0. The highest BCUT2D eigenvalue weighted by Crippen LogP contribution is 2.29. The minimum Gasteiger partial charge on any atom is -0.495 e. The van der Waals surface area contributed by atoms with Gasteiger partial charge in [0.1, 0.15) is 5.75 Å². The molecule has 0 saturated heterocycles. The third-order valence-electron chi connectivity index (χ3n) is 2.26. The van der Waals surface area contributed by atoms with Gasteiger partial charge >= 0.3 is 10.2 Å². The van der Waals surface area contributed by atoms with E-state index in [1.54, 1.807) is 18.2 Å². The van der Waals surface area contributed by atoms with Crippen molar-refractivity contribution in [3.8, 4) is 5.75 Å². The molecular weight excluding hydrogens is 242 g/mol. The highest BCUT2D eigenvalue weighted by Gasteiger charge is 2.17. The first-order valence-corrected chi connectivity index (χ1v) is 6.42. The Morgan fingerprint density at radius 3 is 2.53 bits per heavy atom. The van der Waals surface area contributed by atoms with Gasteiger partial charge in [0.2, 0.25) is 0 Å². The maximum absolute atomic E-state index is 11.8. The van der Waals surface area contributed by atoms with E-state index in [4.69, 9.17) is 10.5 Å². The largest absolute Gasteiger partial charge is 0.495 e. The quantitative estimate of drug-likeness (QED) is 0.800. The van der Waals surface area contributed by atoms with Gasteiger partial charge in [0.05, 0.1) is 12.8 Å². The molecule has 0 unspecified atom stereocenters. The number of methoxy groups -OCH3 is 1. The van der Waals surface area contributed by atoms with Gasteiger partial charge in [-0.2, -0.15) is 12.7 Å². The molecule has 0 amide bonds. The number of hydrogen-bond donors (Lipinski definition) is 2. The number of nitrogens with zero attached hydrogens (tertiary/aromatic N) is 1. The van der Waals surface area contributed by atoms with Crippen molar-refractivity contribution in [2.45, 2.75) is 6.54 Å². The van der Waals surface area contributed by atoms with Crippen molar-refractivity contribution in [2.75, 3.05) is 25.9 Å². The summed E-state index contributed by atoms with van der Waals surface area (Å²) in [6.45, 7) is 0.225. The lowest BCUT2D eigenvalue weighted by atomic mass is 10.1. The molecule has 0 aliphatic rings. The molecule has 0 spiro atoms. The van der Waals surface area contributed by atoms with Crippen LogP contribution in [0.5, 0.6) is 5.75 Å². The van der Waals surface area contributed by atoms with Crippen LogP contribution >= 0.6 is 0 Å². The predicted octanol–water partition coefficient (Wildman–Crippen LogP) is 0.372. The monoisotopic (exact) mass is 259 g/mol. The molecule has 0 atom stereocenters. The van der Waals surface area contributed by atoms with Crippen LogP contribution in [-0.4, -0.2) is 33.9 Å². The molecule has 17 heavy (non-hydrogen) atoms. The second kappa shape index (κ2) is 5.35. The second-order valence-electron chi connectivity index (χ2n) is 3.59. The number of nitrogens with two attached hydrogens (primary N) is 1. The molecule has 0 aliphatic heterocycles. The van der Waals surface area contributed by atoms with Gasteiger partial charge < -0.3 is 10.5 Å². The van der Waals surface area contributed by atoms with Crippen molar-refractivity contribution in [3.63, 3.8) is 0 Å². The van der Waals surface area contributed by atoms with Gasteiger partial charge in [-0.3, -0.25) is 4.72 Å². The van der Waals surface area contributed by atoms with Gasteiger partial charge in [0.25, 0.3) is 0 Å². The Morgan fingerprint density at radius 2 is 2.06 bits per heavy atom. The summed E-state index contributed by atoms with van der Waals surface area (Å²) in [6.07, 6.45) is 0. The van der Waals surface area contributed by atoms with E-state index in [-0.39, 0.29) is 6.54 Å². The number of nitrogens with one attached hydrogen (secondary N) is 1. The lowest BCUT2D eigenvalue weighted by Crippen LogP contribution is -2.29. The van der Waals surface area contributed by atoms with Crippen molar-refractivity contribution < 1.29 is 13.2 Å². The molecule has 0 saturated carbocycles. The summed E-state index contributed by atoms with van der Waals surface area (Å²) in [5.41, 5.74) is 6.62. The van der Waals surface area contributed by atoms with Crippen LogP contribution in [0.15, 0.2) is 18.2 Å². The first kappa shape index (κ1) is 13.8. The lowest BCUT2D eigenvalue weighted by Gasteiger charge is -2.18. The second-order valence-corrected chi connectivity index (χ2v) is 5.47. The van der Waals surface area contributed by atoms with Crippen LogP contribution in [0.25, 0.3) is 0 Å². The van der Waals surface area contributed by atoms with Gasteiger partial charge in [-0.1, -0.05) is 12.1 Å². The number of para-hydroxylation sites is 1. The Morgan fingerprint density at radius 1 is 1.41 bits per heavy atom. The SMILES string of the molecule is COc1cccc(CN)c1NS(=O)(=O)N(C)C. The van der Waals surface area contributed by atoms with Crippen molar-refractivity contribution in [2.24, 2.45) is 5.73 Å². The summed E-state index contributed by atoms with van der Waals surface area (Å²) in [5.74, 6) is 0.443. The zero-order valence-electron chi connectivity index (χ0n) is 10.1. The van der Waals surface area contributed by atoms with Crippen LogP contribution in [0.2, 0.25) is 0 Å². The van der Waals surface area contributed by atoms with Crippen molar-refractivity contribution in [3.05, 3.63) is 23.8 Å². The van der Waals surface area contributed by atoms with Gasteiger partial charge in [-0.25, -0.2) is 0 Å². The van der Waals surface area contributed by atoms with Gasteiger partial charge in [0, 0.05) is 20.6 Å². The van der Waals surface area contributed by atoms with Crippen molar-refractivity contribution in [1.82, 2.24) is 4.31 Å². The Kier molecular flexibility index (Phi) is 4.33. The van der Waals surface area contributed by atoms with Crippen molar-refractivity contribution in [1.29, 1.82) is 0 Å². The molecule has 0 aromatic heterocycles. The van der Waals surface area contributed by atoms with Crippen LogP contribution < -0.4 is 15.2 Å². The van der Waals surface area contributed by atoms with E-state index in [1.165, 1.54) is 21.2 Å². The lowest BCUT2D eigenvalue weighted by molar-refractivity contribution is 0.416. The molecule has 0 bridgehead atoms. The zero-order valence-corrected chi connectivity index (χ0v) is 10.9. The molecule has 96 valence electrons. The molecular formula is C10H17N3O3S. The van der Waals surface area contributed by atoms with Gasteiger partial charge in [-0.05, 0) is 11.6 Å². The Balaban J connectivity index is 3.21. The van der Waals surface area contributed by atoms with Crippen LogP contribution in [0.3, 0.4) is 0 Å². The van der Waals surface area contributed by atoms with Gasteiger partial charge in [-0.15, -0.1) is 0 Å².